The van der Waals surface area contributed by atoms with Crippen molar-refractivity contribution < 1.29 is 0 Å². The van der Waals surface area contributed by atoms with E-state index in [1.807, 2.05) is 24.3 Å². The summed E-state index contributed by atoms with van der Waals surface area (Å²) in [5, 5.41) is 7.69. The van der Waals surface area contributed by atoms with E-state index >= 15 is 0 Å². The van der Waals surface area contributed by atoms with Crippen LogP contribution >= 0.6 is 35.4 Å². The Hall–Kier alpha value is -1.63. The number of nitrogens with one attached hydrogen (secondary N) is 2. The quantitative estimate of drug-likeness (QED) is 0.595. The molecule has 0 amide bonds. The number of halogens is 2. The van der Waals surface area contributed by atoms with E-state index in [1.165, 1.54) is 19.3 Å². The number of rotatable bonds is 4. The molecule has 5 nitrogen and oxygen atoms in total. The monoisotopic (exact) mass is 395 g/mol. The average molecular weight is 396 g/mol. The Morgan fingerprint density at radius 2 is 1.80 bits per heavy atom. The molecule has 0 aliphatic carbocycles. The Balaban J connectivity index is 1.60. The Morgan fingerprint density at radius 3 is 2.52 bits per heavy atom. The fourth-order valence-corrected chi connectivity index (χ4v) is 3.14. The molecule has 1 aliphatic rings. The zero-order valence-electron chi connectivity index (χ0n) is 13.6. The van der Waals surface area contributed by atoms with Gasteiger partial charge in [-0.05, 0) is 49.2 Å². The Bertz CT molecular complexity index is 732. The predicted octanol–water partition coefficient (Wildman–Crippen LogP) is 4.26. The van der Waals surface area contributed by atoms with Crippen LogP contribution in [0, 0.1) is 0 Å². The molecule has 2 N–H and O–H groups in total. The number of benzene rings is 1. The van der Waals surface area contributed by atoms with Crippen molar-refractivity contribution >= 4 is 52.3 Å². The van der Waals surface area contributed by atoms with E-state index in [0.29, 0.717) is 27.8 Å². The maximum absolute atomic E-state index is 6.15. The first kappa shape index (κ1) is 18.2. The highest BCUT2D eigenvalue weighted by Crippen LogP contribution is 2.21. The second-order valence-electron chi connectivity index (χ2n) is 5.85. The van der Waals surface area contributed by atoms with E-state index in [0.717, 1.165) is 24.5 Å². The van der Waals surface area contributed by atoms with Gasteiger partial charge < -0.3 is 15.5 Å². The topological polar surface area (TPSA) is 53.1 Å². The second-order valence-corrected chi connectivity index (χ2v) is 7.09. The van der Waals surface area contributed by atoms with Gasteiger partial charge in [0.15, 0.2) is 5.11 Å². The third-order valence-corrected chi connectivity index (χ3v) is 4.65. The van der Waals surface area contributed by atoms with Crippen molar-refractivity contribution in [2.24, 2.45) is 0 Å². The van der Waals surface area contributed by atoms with Gasteiger partial charge in [-0.3, -0.25) is 0 Å². The molecule has 0 saturated carbocycles. The average Bonchev–Trinajstić information content (AvgIpc) is 2.61. The lowest BCUT2D eigenvalue weighted by molar-refractivity contribution is 0.573. The summed E-state index contributed by atoms with van der Waals surface area (Å²) >= 11 is 17.3. The molecule has 2 aromatic rings. The highest BCUT2D eigenvalue weighted by atomic mass is 35.5. The third-order valence-electron chi connectivity index (χ3n) is 3.95. The molecule has 1 aromatic heterocycles. The summed E-state index contributed by atoms with van der Waals surface area (Å²) in [6.07, 6.45) is 3.61. The molecule has 0 atom stereocenters. The van der Waals surface area contributed by atoms with Crippen LogP contribution in [0.1, 0.15) is 24.8 Å². The smallest absolute Gasteiger partial charge is 0.232 e. The first-order valence-corrected chi connectivity index (χ1v) is 9.35. The minimum absolute atomic E-state index is 0.401. The molecule has 0 unspecified atom stereocenters. The van der Waals surface area contributed by atoms with Gasteiger partial charge in [-0.1, -0.05) is 35.3 Å². The van der Waals surface area contributed by atoms with E-state index in [-0.39, 0.29) is 0 Å². The highest BCUT2D eigenvalue weighted by molar-refractivity contribution is 7.80. The van der Waals surface area contributed by atoms with Crippen LogP contribution in [-0.4, -0.2) is 28.2 Å². The third kappa shape index (κ3) is 5.42. The zero-order chi connectivity index (χ0) is 17.6. The van der Waals surface area contributed by atoms with Crippen LogP contribution in [0.3, 0.4) is 0 Å². The van der Waals surface area contributed by atoms with Crippen molar-refractivity contribution in [2.45, 2.75) is 25.8 Å². The van der Waals surface area contributed by atoms with Gasteiger partial charge in [-0.2, -0.15) is 4.98 Å². The maximum Gasteiger partial charge on any atom is 0.232 e. The first-order valence-electron chi connectivity index (χ1n) is 8.19. The van der Waals surface area contributed by atoms with Crippen LogP contribution in [0.15, 0.2) is 30.3 Å². The number of nitrogens with zero attached hydrogens (tertiary/aromatic N) is 3. The van der Waals surface area contributed by atoms with Gasteiger partial charge in [0.1, 0.15) is 11.0 Å². The second kappa shape index (κ2) is 8.65. The molecular formula is C17H19Cl2N5S. The van der Waals surface area contributed by atoms with Crippen LogP contribution in [0.4, 0.5) is 11.8 Å². The summed E-state index contributed by atoms with van der Waals surface area (Å²) in [4.78, 5) is 11.0. The number of piperidine rings is 1. The van der Waals surface area contributed by atoms with Gasteiger partial charge in [0, 0.05) is 30.7 Å². The summed E-state index contributed by atoms with van der Waals surface area (Å²) in [6.45, 7) is 2.57. The van der Waals surface area contributed by atoms with Crippen molar-refractivity contribution in [2.75, 3.05) is 23.3 Å². The van der Waals surface area contributed by atoms with Gasteiger partial charge in [0.25, 0.3) is 0 Å². The van der Waals surface area contributed by atoms with Gasteiger partial charge in [-0.25, -0.2) is 4.98 Å². The fraction of sp³-hybridized carbons (Fsp3) is 0.353. The van der Waals surface area contributed by atoms with Crippen molar-refractivity contribution in [1.82, 2.24) is 15.3 Å². The van der Waals surface area contributed by atoms with E-state index in [2.05, 4.69) is 25.5 Å². The molecule has 132 valence electrons. The van der Waals surface area contributed by atoms with Gasteiger partial charge in [-0.15, -0.1) is 0 Å². The van der Waals surface area contributed by atoms with Crippen molar-refractivity contribution in [1.29, 1.82) is 0 Å². The fourth-order valence-electron chi connectivity index (χ4n) is 2.68. The molecule has 2 heterocycles. The minimum Gasteiger partial charge on any atom is -0.358 e. The van der Waals surface area contributed by atoms with Gasteiger partial charge in [0.05, 0.1) is 0 Å². The maximum atomic E-state index is 6.15. The van der Waals surface area contributed by atoms with Crippen molar-refractivity contribution in [3.8, 4) is 0 Å². The number of anilines is 2. The number of thiocarbonyl (C=S) groups is 1. The standard InChI is InChI=1S/C17H19Cl2N5S/c18-13-6-4-12(5-7-13)11-20-17(25)23-16-21-14(19)10-15(22-16)24-8-2-1-3-9-24/h4-7,10H,1-3,8-9,11H2,(H2,20,21,22,23,25). The number of hydrogen-bond acceptors (Lipinski definition) is 4. The van der Waals surface area contributed by atoms with Crippen LogP contribution in [0.2, 0.25) is 10.2 Å². The van der Waals surface area contributed by atoms with E-state index in [4.69, 9.17) is 35.4 Å². The summed E-state index contributed by atoms with van der Waals surface area (Å²) in [5.74, 6) is 1.24. The molecular weight excluding hydrogens is 377 g/mol. The number of hydrogen-bond donors (Lipinski definition) is 2. The van der Waals surface area contributed by atoms with Crippen molar-refractivity contribution in [3.63, 3.8) is 0 Å². The molecule has 1 aliphatic heterocycles. The Labute approximate surface area is 162 Å². The molecule has 25 heavy (non-hydrogen) atoms. The van der Waals surface area contributed by atoms with Crippen LogP contribution in [0.5, 0.6) is 0 Å². The summed E-state index contributed by atoms with van der Waals surface area (Å²) in [6, 6.07) is 9.38. The predicted molar refractivity (Wildman–Crippen MR) is 108 cm³/mol. The normalized spacial score (nSPS) is 14.2. The van der Waals surface area contributed by atoms with Crippen LogP contribution in [0.25, 0.3) is 0 Å². The lowest BCUT2D eigenvalue weighted by Crippen LogP contribution is -2.31. The SMILES string of the molecule is S=C(NCc1ccc(Cl)cc1)Nc1nc(Cl)cc(N2CCCCC2)n1. The van der Waals surface area contributed by atoms with E-state index in [9.17, 15) is 0 Å². The largest absolute Gasteiger partial charge is 0.358 e. The van der Waals surface area contributed by atoms with Crippen LogP contribution in [-0.2, 0) is 6.54 Å². The van der Waals surface area contributed by atoms with Crippen LogP contribution < -0.4 is 15.5 Å². The lowest BCUT2D eigenvalue weighted by Gasteiger charge is -2.27. The Kier molecular flexibility index (Phi) is 6.29. The summed E-state index contributed by atoms with van der Waals surface area (Å²) in [5.41, 5.74) is 1.08. The molecule has 1 fully saturated rings. The lowest BCUT2D eigenvalue weighted by atomic mass is 10.1. The summed E-state index contributed by atoms with van der Waals surface area (Å²) in [7, 11) is 0. The molecule has 1 aromatic carbocycles. The zero-order valence-corrected chi connectivity index (χ0v) is 16.0. The molecule has 0 radical (unpaired) electrons. The first-order chi connectivity index (χ1) is 12.1. The number of aromatic nitrogens is 2. The highest BCUT2D eigenvalue weighted by Gasteiger charge is 2.14. The minimum atomic E-state index is 0.401. The van der Waals surface area contributed by atoms with Crippen molar-refractivity contribution in [3.05, 3.63) is 46.1 Å². The van der Waals surface area contributed by atoms with E-state index in [1.54, 1.807) is 6.07 Å². The molecule has 1 saturated heterocycles. The molecule has 0 spiro atoms. The summed E-state index contributed by atoms with van der Waals surface area (Å²) < 4.78 is 0. The van der Waals surface area contributed by atoms with Gasteiger partial charge >= 0.3 is 0 Å². The molecule has 3 rings (SSSR count). The van der Waals surface area contributed by atoms with E-state index < -0.39 is 0 Å². The Morgan fingerprint density at radius 1 is 1.08 bits per heavy atom. The molecule has 0 bridgehead atoms. The molecule has 8 heteroatoms. The van der Waals surface area contributed by atoms with Gasteiger partial charge in [0.2, 0.25) is 5.95 Å².